The number of ether oxygens (including phenoxy) is 2. The zero-order valence-corrected chi connectivity index (χ0v) is 13.6. The van der Waals surface area contributed by atoms with E-state index in [4.69, 9.17) is 15.0 Å². The molecule has 1 aliphatic rings. The largest absolute Gasteiger partial charge is 0.459 e. The number of carbonyl (C=O) groups is 1. The van der Waals surface area contributed by atoms with E-state index in [9.17, 15) is 14.4 Å². The molecular weight excluding hydrogens is 342 g/mol. The predicted octanol–water partition coefficient (Wildman–Crippen LogP) is 1.71. The molecule has 3 rings (SSSR count). The van der Waals surface area contributed by atoms with Crippen LogP contribution < -0.4 is 11.2 Å². The van der Waals surface area contributed by atoms with E-state index in [0.29, 0.717) is 12.0 Å². The summed E-state index contributed by atoms with van der Waals surface area (Å²) in [5, 5.41) is 3.64. The van der Waals surface area contributed by atoms with E-state index in [0.717, 1.165) is 0 Å². The number of benzene rings is 1. The maximum Gasteiger partial charge on any atom is 0.338 e. The number of esters is 1. The first-order valence-corrected chi connectivity index (χ1v) is 7.81. The third-order valence-corrected chi connectivity index (χ3v) is 3.96. The molecule has 1 N–H and O–H groups in total. The summed E-state index contributed by atoms with van der Waals surface area (Å²) in [6.07, 6.45) is 1.14. The number of hydrogen-bond acceptors (Lipinski definition) is 6. The van der Waals surface area contributed by atoms with Gasteiger partial charge in [0.2, 0.25) is 0 Å². The van der Waals surface area contributed by atoms with Crippen molar-refractivity contribution in [1.82, 2.24) is 9.55 Å². The van der Waals surface area contributed by atoms with Gasteiger partial charge in [-0.15, -0.1) is 0 Å². The molecule has 0 bridgehead atoms. The highest BCUT2D eigenvalue weighted by Crippen LogP contribution is 2.37. The Balaban J connectivity index is 1.75. The van der Waals surface area contributed by atoms with Gasteiger partial charge < -0.3 is 9.47 Å². The van der Waals surface area contributed by atoms with E-state index in [-0.39, 0.29) is 13.0 Å². The number of H-pyrrole nitrogens is 1. The molecular formula is C16H15N5O5. The summed E-state index contributed by atoms with van der Waals surface area (Å²) in [6.45, 7) is -0.292. The average molecular weight is 357 g/mol. The van der Waals surface area contributed by atoms with Crippen molar-refractivity contribution in [3.63, 3.8) is 0 Å². The molecule has 0 radical (unpaired) electrons. The van der Waals surface area contributed by atoms with Gasteiger partial charge in [0.05, 0.1) is 5.56 Å². The van der Waals surface area contributed by atoms with Gasteiger partial charge in [-0.3, -0.25) is 14.3 Å². The Morgan fingerprint density at radius 3 is 2.85 bits per heavy atom. The van der Waals surface area contributed by atoms with Gasteiger partial charge in [-0.2, -0.15) is 0 Å². The number of hydrogen-bond donors (Lipinski definition) is 1. The molecule has 10 heteroatoms. The Bertz CT molecular complexity index is 963. The number of carbonyl (C=O) groups excluding carboxylic acids is 1. The molecule has 2 atom stereocenters. The van der Waals surface area contributed by atoms with Crippen molar-refractivity contribution in [2.24, 2.45) is 5.11 Å². The van der Waals surface area contributed by atoms with Crippen LogP contribution in [0.3, 0.4) is 0 Å². The van der Waals surface area contributed by atoms with Crippen LogP contribution in [-0.2, 0) is 9.47 Å². The molecule has 1 aromatic heterocycles. The normalized spacial score (nSPS) is 21.8. The van der Waals surface area contributed by atoms with Gasteiger partial charge >= 0.3 is 11.7 Å². The molecule has 134 valence electrons. The maximum atomic E-state index is 12.1. The lowest BCUT2D eigenvalue weighted by molar-refractivity contribution is -0.0989. The van der Waals surface area contributed by atoms with Crippen LogP contribution in [0.1, 0.15) is 29.4 Å². The topological polar surface area (TPSA) is 139 Å². The van der Waals surface area contributed by atoms with Crippen molar-refractivity contribution in [1.29, 1.82) is 0 Å². The Morgan fingerprint density at radius 1 is 1.38 bits per heavy atom. The monoisotopic (exact) mass is 357 g/mol. The summed E-state index contributed by atoms with van der Waals surface area (Å²) in [5.41, 5.74) is 6.62. The second kappa shape index (κ2) is 7.26. The second-order valence-corrected chi connectivity index (χ2v) is 5.71. The molecule has 10 nitrogen and oxygen atoms in total. The zero-order chi connectivity index (χ0) is 18.6. The number of nitrogens with zero attached hydrogens (tertiary/aromatic N) is 4. The summed E-state index contributed by atoms with van der Waals surface area (Å²) in [6, 6.07) is 9.55. The predicted molar refractivity (Wildman–Crippen MR) is 89.3 cm³/mol. The molecule has 0 spiro atoms. The van der Waals surface area contributed by atoms with E-state index in [1.54, 1.807) is 30.3 Å². The summed E-state index contributed by atoms with van der Waals surface area (Å²) >= 11 is 0. The van der Waals surface area contributed by atoms with Gasteiger partial charge in [-0.05, 0) is 30.5 Å². The minimum absolute atomic E-state index is 0.245. The number of aromatic amines is 1. The molecule has 0 aliphatic carbocycles. The summed E-state index contributed by atoms with van der Waals surface area (Å²) < 4.78 is 12.1. The molecule has 0 amide bonds. The van der Waals surface area contributed by atoms with E-state index in [2.05, 4.69) is 15.0 Å². The lowest BCUT2D eigenvalue weighted by atomic mass is 10.1. The molecule has 1 unspecified atom stereocenters. The summed E-state index contributed by atoms with van der Waals surface area (Å²) in [7, 11) is 0. The highest BCUT2D eigenvalue weighted by Gasteiger charge is 2.42. The summed E-state index contributed by atoms with van der Waals surface area (Å²) in [4.78, 5) is 40.0. The van der Waals surface area contributed by atoms with Crippen molar-refractivity contribution in [3.8, 4) is 0 Å². The van der Waals surface area contributed by atoms with Gasteiger partial charge in [-0.25, -0.2) is 9.59 Å². The van der Waals surface area contributed by atoms with E-state index >= 15 is 0 Å². The van der Waals surface area contributed by atoms with Crippen molar-refractivity contribution in [3.05, 3.63) is 79.4 Å². The molecule has 1 fully saturated rings. The first-order valence-electron chi connectivity index (χ1n) is 7.81. The Hall–Kier alpha value is -3.36. The number of rotatable bonds is 5. The van der Waals surface area contributed by atoms with Crippen molar-refractivity contribution in [2.75, 3.05) is 6.61 Å². The first kappa shape index (κ1) is 17.5. The minimum Gasteiger partial charge on any atom is -0.459 e. The molecule has 1 saturated heterocycles. The molecule has 2 aromatic rings. The van der Waals surface area contributed by atoms with Crippen LogP contribution in [0.25, 0.3) is 10.4 Å². The number of azide groups is 1. The van der Waals surface area contributed by atoms with Crippen LogP contribution in [0.4, 0.5) is 0 Å². The van der Waals surface area contributed by atoms with Crippen molar-refractivity contribution >= 4 is 5.97 Å². The van der Waals surface area contributed by atoms with Crippen LogP contribution in [0, 0.1) is 0 Å². The Morgan fingerprint density at radius 2 is 2.15 bits per heavy atom. The smallest absolute Gasteiger partial charge is 0.338 e. The molecule has 1 aliphatic heterocycles. The Labute approximate surface area is 146 Å². The third-order valence-electron chi connectivity index (χ3n) is 3.96. The zero-order valence-electron chi connectivity index (χ0n) is 13.6. The average Bonchev–Trinajstić information content (AvgIpc) is 3.05. The van der Waals surface area contributed by atoms with Crippen LogP contribution in [-0.4, -0.2) is 27.9 Å². The molecule has 2 heterocycles. The van der Waals surface area contributed by atoms with Crippen LogP contribution in [0.15, 0.2) is 57.3 Å². The Kier molecular flexibility index (Phi) is 4.87. The van der Waals surface area contributed by atoms with Gasteiger partial charge in [0.15, 0.2) is 5.72 Å². The fourth-order valence-electron chi connectivity index (χ4n) is 2.70. The van der Waals surface area contributed by atoms with Crippen LogP contribution >= 0.6 is 0 Å². The fourth-order valence-corrected chi connectivity index (χ4v) is 2.70. The van der Waals surface area contributed by atoms with Crippen LogP contribution in [0.5, 0.6) is 0 Å². The van der Waals surface area contributed by atoms with E-state index < -0.39 is 29.2 Å². The third kappa shape index (κ3) is 3.66. The quantitative estimate of drug-likeness (QED) is 0.375. The van der Waals surface area contributed by atoms with Gasteiger partial charge in [-0.1, -0.05) is 23.3 Å². The lowest BCUT2D eigenvalue weighted by Crippen LogP contribution is -2.36. The van der Waals surface area contributed by atoms with E-state index in [1.807, 2.05) is 0 Å². The number of aromatic nitrogens is 2. The maximum absolute atomic E-state index is 12.1. The highest BCUT2D eigenvalue weighted by molar-refractivity contribution is 5.89. The van der Waals surface area contributed by atoms with Gasteiger partial charge in [0.1, 0.15) is 12.8 Å². The standard InChI is InChI=1S/C16H15N5O5/c17-20-19-16(10-25-14(23)11-4-2-1-3-5-11)8-6-13(26-16)21-9-7-12(22)18-15(21)24/h1-5,7,9,13H,6,8,10H2,(H,18,22,24)/t13?,16-/m0/s1. The van der Waals surface area contributed by atoms with E-state index in [1.165, 1.54) is 16.8 Å². The minimum atomic E-state index is -1.42. The van der Waals surface area contributed by atoms with Crippen LogP contribution in [0.2, 0.25) is 0 Å². The van der Waals surface area contributed by atoms with Crippen molar-refractivity contribution in [2.45, 2.75) is 24.8 Å². The highest BCUT2D eigenvalue weighted by atomic mass is 16.6. The molecule has 1 aromatic carbocycles. The first-order chi connectivity index (χ1) is 12.5. The molecule has 0 saturated carbocycles. The van der Waals surface area contributed by atoms with Gasteiger partial charge in [0, 0.05) is 17.2 Å². The SMILES string of the molecule is [N-]=[N+]=N[C@@]1(COC(=O)c2ccccc2)CCC(n2ccc(=O)[nH]c2=O)O1. The lowest BCUT2D eigenvalue weighted by Gasteiger charge is -2.24. The summed E-state index contributed by atoms with van der Waals surface area (Å²) in [5.74, 6) is -0.577. The number of nitrogens with one attached hydrogen (secondary N) is 1. The molecule has 26 heavy (non-hydrogen) atoms. The second-order valence-electron chi connectivity index (χ2n) is 5.71. The van der Waals surface area contributed by atoms with Gasteiger partial charge in [0.25, 0.3) is 5.56 Å². The fraction of sp³-hybridized carbons (Fsp3) is 0.312. The van der Waals surface area contributed by atoms with Crippen molar-refractivity contribution < 1.29 is 14.3 Å².